The summed E-state index contributed by atoms with van der Waals surface area (Å²) in [5, 5.41) is 25.9. The molecule has 1 aliphatic rings. The molecule has 1 heterocycles. The van der Waals surface area contributed by atoms with Crippen molar-refractivity contribution in [1.29, 1.82) is 0 Å². The molecule has 0 saturated heterocycles. The lowest BCUT2D eigenvalue weighted by Gasteiger charge is -2.26. The first-order valence-corrected chi connectivity index (χ1v) is 7.45. The molecule has 1 aromatic rings. The van der Waals surface area contributed by atoms with E-state index in [0.717, 1.165) is 7.11 Å². The maximum absolute atomic E-state index is 12.8. The minimum absolute atomic E-state index is 0.113. The van der Waals surface area contributed by atoms with Crippen molar-refractivity contribution >= 4 is 5.90 Å². The van der Waals surface area contributed by atoms with Crippen LogP contribution in [0.4, 0.5) is 8.78 Å². The van der Waals surface area contributed by atoms with Gasteiger partial charge in [-0.15, -0.1) is 0 Å². The third-order valence-electron chi connectivity index (χ3n) is 2.83. The second-order valence-corrected chi connectivity index (χ2v) is 4.45. The Hall–Kier alpha value is -1.57. The van der Waals surface area contributed by atoms with Crippen LogP contribution >= 0.6 is 0 Å². The fraction of sp³-hybridized carbons (Fsp3) is 0.562. The number of ether oxygens (including phenoxy) is 1. The van der Waals surface area contributed by atoms with Gasteiger partial charge in [0.2, 0.25) is 12.2 Å². The van der Waals surface area contributed by atoms with Crippen LogP contribution in [0.25, 0.3) is 0 Å². The topological polar surface area (TPSA) is 82.3 Å². The van der Waals surface area contributed by atoms with Gasteiger partial charge >= 0.3 is 0 Å². The smallest absolute Gasteiger partial charge is 0.218 e. The summed E-state index contributed by atoms with van der Waals surface area (Å²) in [5.74, 6) is -0.208. The van der Waals surface area contributed by atoms with Gasteiger partial charge < -0.3 is 20.1 Å². The molecule has 0 aliphatic carbocycles. The van der Waals surface area contributed by atoms with E-state index in [9.17, 15) is 19.0 Å². The molecule has 5 nitrogen and oxygen atoms in total. The predicted octanol–water partition coefficient (Wildman–Crippen LogP) is 2.03. The first kappa shape index (κ1) is 21.4. The Morgan fingerprint density at radius 2 is 1.83 bits per heavy atom. The number of aliphatic hydroxyl groups is 3. The van der Waals surface area contributed by atoms with Crippen molar-refractivity contribution in [2.45, 2.75) is 45.1 Å². The van der Waals surface area contributed by atoms with Crippen molar-refractivity contribution in [3.63, 3.8) is 0 Å². The van der Waals surface area contributed by atoms with Crippen molar-refractivity contribution in [3.8, 4) is 0 Å². The van der Waals surface area contributed by atoms with Crippen molar-refractivity contribution in [1.82, 2.24) is 0 Å². The van der Waals surface area contributed by atoms with Gasteiger partial charge in [-0.2, -0.15) is 0 Å². The van der Waals surface area contributed by atoms with Gasteiger partial charge in [-0.3, -0.25) is 0 Å². The number of aliphatic imine (C=N–C) groups is 1. The largest absolute Gasteiger partial charge is 0.448 e. The molecular weight excluding hydrogens is 308 g/mol. The molecule has 0 spiro atoms. The van der Waals surface area contributed by atoms with E-state index in [1.807, 2.05) is 13.8 Å². The number of nitrogens with zero attached hydrogens (tertiary/aromatic N) is 1. The molecule has 3 atom stereocenters. The van der Waals surface area contributed by atoms with Gasteiger partial charge in [-0.05, 0) is 30.7 Å². The quantitative estimate of drug-likeness (QED) is 0.787. The summed E-state index contributed by atoms with van der Waals surface area (Å²) in [6.07, 6.45) is -1.86. The highest BCUT2D eigenvalue weighted by molar-refractivity contribution is 5.94. The van der Waals surface area contributed by atoms with Crippen LogP contribution in [0.1, 0.15) is 32.3 Å². The average Bonchev–Trinajstić information content (AvgIpc) is 2.58. The van der Waals surface area contributed by atoms with E-state index in [1.165, 1.54) is 24.3 Å². The number of aliphatic hydroxyl groups excluding tert-OH is 3. The molecule has 0 saturated carbocycles. The molecular formula is C16H25F2NO4. The van der Waals surface area contributed by atoms with Crippen LogP contribution in [0.5, 0.6) is 0 Å². The molecule has 132 valence electrons. The number of rotatable bonds is 4. The molecule has 3 unspecified atom stereocenters. The van der Waals surface area contributed by atoms with E-state index >= 15 is 0 Å². The van der Waals surface area contributed by atoms with Gasteiger partial charge in [0, 0.05) is 19.1 Å². The predicted molar refractivity (Wildman–Crippen MR) is 84.5 cm³/mol. The van der Waals surface area contributed by atoms with Gasteiger partial charge in [-0.25, -0.2) is 13.8 Å². The van der Waals surface area contributed by atoms with Crippen LogP contribution in [-0.4, -0.2) is 53.4 Å². The molecule has 0 aromatic heterocycles. The highest BCUT2D eigenvalue weighted by atomic mass is 19.1. The molecule has 23 heavy (non-hydrogen) atoms. The fourth-order valence-corrected chi connectivity index (χ4v) is 1.92. The van der Waals surface area contributed by atoms with Crippen molar-refractivity contribution in [2.24, 2.45) is 4.99 Å². The Morgan fingerprint density at radius 3 is 2.35 bits per heavy atom. The zero-order valence-corrected chi connectivity index (χ0v) is 13.6. The SMILES string of the molecule is CC.CO.OC(CF)CC1CC(O)OC(c2ccc(F)cc2)=N1. The molecule has 0 fully saturated rings. The first-order chi connectivity index (χ1) is 11.1. The van der Waals surface area contributed by atoms with E-state index in [1.54, 1.807) is 0 Å². The van der Waals surface area contributed by atoms with Gasteiger partial charge in [0.05, 0.1) is 12.1 Å². The highest BCUT2D eigenvalue weighted by Crippen LogP contribution is 2.20. The minimum atomic E-state index is -1.10. The van der Waals surface area contributed by atoms with Crippen molar-refractivity contribution < 1.29 is 28.8 Å². The highest BCUT2D eigenvalue weighted by Gasteiger charge is 2.26. The zero-order valence-electron chi connectivity index (χ0n) is 13.6. The van der Waals surface area contributed by atoms with Crippen molar-refractivity contribution in [2.75, 3.05) is 13.8 Å². The van der Waals surface area contributed by atoms with E-state index in [4.69, 9.17) is 9.84 Å². The van der Waals surface area contributed by atoms with E-state index in [0.29, 0.717) is 5.56 Å². The van der Waals surface area contributed by atoms with E-state index in [-0.39, 0.29) is 24.6 Å². The summed E-state index contributed by atoms with van der Waals surface area (Å²) in [7, 11) is 1.00. The van der Waals surface area contributed by atoms with Gasteiger partial charge in [0.25, 0.3) is 0 Å². The second kappa shape index (κ2) is 11.9. The lowest BCUT2D eigenvalue weighted by atomic mass is 10.1. The van der Waals surface area contributed by atoms with Crippen LogP contribution in [0.3, 0.4) is 0 Å². The molecule has 0 amide bonds. The molecule has 2 rings (SSSR count). The molecule has 0 bridgehead atoms. The Balaban J connectivity index is 0.00000112. The number of halogens is 2. The van der Waals surface area contributed by atoms with Crippen LogP contribution in [0, 0.1) is 5.82 Å². The summed E-state index contributed by atoms with van der Waals surface area (Å²) >= 11 is 0. The van der Waals surface area contributed by atoms with Crippen LogP contribution in [0.2, 0.25) is 0 Å². The van der Waals surface area contributed by atoms with Gasteiger partial charge in [0.15, 0.2) is 0 Å². The zero-order chi connectivity index (χ0) is 17.8. The van der Waals surface area contributed by atoms with Gasteiger partial charge in [-0.1, -0.05) is 13.8 Å². The van der Waals surface area contributed by atoms with Gasteiger partial charge in [0.1, 0.15) is 12.5 Å². The molecule has 7 heteroatoms. The fourth-order valence-electron chi connectivity index (χ4n) is 1.92. The minimum Gasteiger partial charge on any atom is -0.448 e. The average molecular weight is 333 g/mol. The molecule has 0 radical (unpaired) electrons. The standard InChI is InChI=1S/C13H15F2NO3.C2H6.CH4O/c14-7-11(17)5-10-6-12(18)19-13(16-10)8-1-3-9(15)4-2-8;2*1-2/h1-4,10-12,17-18H,5-7H2;1-2H3;2H,1H3. The summed E-state index contributed by atoms with van der Waals surface area (Å²) < 4.78 is 30.3. The Bertz CT molecular complexity index is 454. The lowest BCUT2D eigenvalue weighted by molar-refractivity contribution is -0.0496. The summed E-state index contributed by atoms with van der Waals surface area (Å²) in [4.78, 5) is 4.21. The normalized spacial score (nSPS) is 20.8. The summed E-state index contributed by atoms with van der Waals surface area (Å²) in [6, 6.07) is 5.06. The second-order valence-electron chi connectivity index (χ2n) is 4.45. The Labute approximate surface area is 135 Å². The van der Waals surface area contributed by atoms with E-state index < -0.39 is 25.1 Å². The molecule has 1 aromatic carbocycles. The number of hydrogen-bond donors (Lipinski definition) is 3. The van der Waals surface area contributed by atoms with Crippen molar-refractivity contribution in [3.05, 3.63) is 35.6 Å². The van der Waals surface area contributed by atoms with E-state index in [2.05, 4.69) is 4.99 Å². The summed E-state index contributed by atoms with van der Waals surface area (Å²) in [5.41, 5.74) is 0.528. The molecule has 3 N–H and O–H groups in total. The first-order valence-electron chi connectivity index (χ1n) is 7.45. The number of hydrogen-bond acceptors (Lipinski definition) is 5. The lowest BCUT2D eigenvalue weighted by Crippen LogP contribution is -2.32. The van der Waals surface area contributed by atoms with Crippen LogP contribution < -0.4 is 0 Å². The monoisotopic (exact) mass is 333 g/mol. The third-order valence-corrected chi connectivity index (χ3v) is 2.83. The van der Waals surface area contributed by atoms with Crippen LogP contribution in [-0.2, 0) is 4.74 Å². The Morgan fingerprint density at radius 1 is 1.26 bits per heavy atom. The summed E-state index contributed by atoms with van der Waals surface area (Å²) in [6.45, 7) is 3.15. The van der Waals surface area contributed by atoms with Crippen LogP contribution in [0.15, 0.2) is 29.3 Å². The Kier molecular flexibility index (Phi) is 11.1. The maximum Gasteiger partial charge on any atom is 0.218 e. The molecule has 1 aliphatic heterocycles. The number of benzene rings is 1. The number of alkyl halides is 1. The third kappa shape index (κ3) is 7.49. The maximum atomic E-state index is 12.8.